The van der Waals surface area contributed by atoms with Crippen LogP contribution in [0.15, 0.2) is 68.9 Å². The maximum absolute atomic E-state index is 12.5. The van der Waals surface area contributed by atoms with E-state index >= 15 is 0 Å². The van der Waals surface area contributed by atoms with Crippen molar-refractivity contribution in [2.24, 2.45) is 0 Å². The van der Waals surface area contributed by atoms with Crippen LogP contribution < -0.4 is 11.2 Å². The number of hydrogen-bond acceptors (Lipinski definition) is 4. The first kappa shape index (κ1) is 15.4. The lowest BCUT2D eigenvalue weighted by atomic mass is 10.0. The zero-order valence-corrected chi connectivity index (χ0v) is 13.7. The van der Waals surface area contributed by atoms with Gasteiger partial charge in [0.25, 0.3) is 5.56 Å². The zero-order chi connectivity index (χ0) is 17.4. The summed E-state index contributed by atoms with van der Waals surface area (Å²) in [6.07, 6.45) is 3.10. The molecule has 0 fully saturated rings. The van der Waals surface area contributed by atoms with Crippen LogP contribution in [0.2, 0.25) is 5.02 Å². The maximum atomic E-state index is 12.5. The maximum Gasteiger partial charge on any atom is 0.330 e. The van der Waals surface area contributed by atoms with Crippen LogP contribution in [0.5, 0.6) is 0 Å². The van der Waals surface area contributed by atoms with Gasteiger partial charge >= 0.3 is 5.69 Å². The highest BCUT2D eigenvalue weighted by atomic mass is 35.5. The van der Waals surface area contributed by atoms with Crippen molar-refractivity contribution in [1.82, 2.24) is 14.5 Å². The molecule has 7 heteroatoms. The van der Waals surface area contributed by atoms with E-state index in [2.05, 4.69) is 9.97 Å². The molecule has 0 radical (unpaired) electrons. The van der Waals surface area contributed by atoms with Crippen LogP contribution in [-0.2, 0) is 6.54 Å². The van der Waals surface area contributed by atoms with Gasteiger partial charge in [-0.1, -0.05) is 23.7 Å². The molecule has 6 nitrogen and oxygen atoms in total. The Labute approximate surface area is 146 Å². The van der Waals surface area contributed by atoms with Crippen molar-refractivity contribution in [3.63, 3.8) is 0 Å². The molecule has 0 aliphatic heterocycles. The second-order valence-corrected chi connectivity index (χ2v) is 5.93. The highest BCUT2D eigenvalue weighted by Crippen LogP contribution is 2.26. The largest absolute Gasteiger partial charge is 0.467 e. The fourth-order valence-corrected chi connectivity index (χ4v) is 2.90. The van der Waals surface area contributed by atoms with Crippen molar-refractivity contribution in [3.05, 3.63) is 86.5 Å². The van der Waals surface area contributed by atoms with Crippen molar-refractivity contribution >= 4 is 22.6 Å². The van der Waals surface area contributed by atoms with Crippen molar-refractivity contribution in [1.29, 1.82) is 0 Å². The van der Waals surface area contributed by atoms with Crippen molar-refractivity contribution in [3.8, 4) is 11.1 Å². The smallest absolute Gasteiger partial charge is 0.330 e. The first-order valence-corrected chi connectivity index (χ1v) is 7.91. The highest BCUT2D eigenvalue weighted by Gasteiger charge is 2.14. The summed E-state index contributed by atoms with van der Waals surface area (Å²) in [5.74, 6) is 0.592. The van der Waals surface area contributed by atoms with Crippen LogP contribution in [0.25, 0.3) is 22.2 Å². The first-order valence-electron chi connectivity index (χ1n) is 7.53. The molecular weight excluding hydrogens is 342 g/mol. The summed E-state index contributed by atoms with van der Waals surface area (Å²) in [6.45, 7) is 0.177. The van der Waals surface area contributed by atoms with Gasteiger partial charge in [0.2, 0.25) is 0 Å². The lowest BCUT2D eigenvalue weighted by molar-refractivity contribution is 0.490. The molecule has 3 heterocycles. The van der Waals surface area contributed by atoms with Gasteiger partial charge < -0.3 is 4.42 Å². The summed E-state index contributed by atoms with van der Waals surface area (Å²) >= 11 is 5.94. The summed E-state index contributed by atoms with van der Waals surface area (Å²) < 4.78 is 6.69. The number of nitrogens with one attached hydrogen (secondary N) is 1. The van der Waals surface area contributed by atoms with Crippen LogP contribution >= 0.6 is 11.6 Å². The molecule has 0 atom stereocenters. The molecule has 0 bridgehead atoms. The Hall–Kier alpha value is -3.12. The molecule has 1 aromatic carbocycles. The Morgan fingerprint density at radius 1 is 1.12 bits per heavy atom. The minimum atomic E-state index is -0.533. The molecule has 3 aromatic heterocycles. The second kappa shape index (κ2) is 6.07. The molecule has 0 aliphatic rings. The van der Waals surface area contributed by atoms with E-state index in [1.807, 2.05) is 12.1 Å². The van der Waals surface area contributed by atoms with Gasteiger partial charge in [-0.25, -0.2) is 9.78 Å². The lowest BCUT2D eigenvalue weighted by Crippen LogP contribution is -2.31. The molecule has 0 aliphatic carbocycles. The Morgan fingerprint density at radius 2 is 1.92 bits per heavy atom. The number of fused-ring (bicyclic) bond motifs is 1. The Kier molecular flexibility index (Phi) is 3.74. The molecule has 25 heavy (non-hydrogen) atoms. The standard InChI is InChI=1S/C18H12ClN3O3/c19-12-5-3-11(4-6-12)14-7-8-20-16-15(14)17(23)21-18(24)22(16)10-13-2-1-9-25-13/h1-9H,10H2,(H,21,23,24). The van der Waals surface area contributed by atoms with Gasteiger partial charge in [0.05, 0.1) is 18.2 Å². The monoisotopic (exact) mass is 353 g/mol. The minimum absolute atomic E-state index is 0.177. The number of H-pyrrole nitrogens is 1. The third-order valence-electron chi connectivity index (χ3n) is 3.93. The number of benzene rings is 1. The van der Waals surface area contributed by atoms with E-state index in [0.717, 1.165) is 5.56 Å². The van der Waals surface area contributed by atoms with Crippen LogP contribution in [-0.4, -0.2) is 14.5 Å². The first-order chi connectivity index (χ1) is 12.1. The van der Waals surface area contributed by atoms with Crippen LogP contribution in [0.4, 0.5) is 0 Å². The van der Waals surface area contributed by atoms with Crippen molar-refractivity contribution in [2.75, 3.05) is 0 Å². The summed E-state index contributed by atoms with van der Waals surface area (Å²) in [7, 11) is 0. The highest BCUT2D eigenvalue weighted by molar-refractivity contribution is 6.30. The van der Waals surface area contributed by atoms with Gasteiger partial charge in [0, 0.05) is 11.2 Å². The Balaban J connectivity index is 2.00. The van der Waals surface area contributed by atoms with E-state index in [1.165, 1.54) is 10.8 Å². The average molecular weight is 354 g/mol. The molecule has 1 N–H and O–H groups in total. The number of aromatic amines is 1. The predicted molar refractivity (Wildman–Crippen MR) is 94.9 cm³/mol. The van der Waals surface area contributed by atoms with Gasteiger partial charge in [0.15, 0.2) is 5.65 Å². The number of halogens is 1. The Bertz CT molecular complexity index is 1160. The lowest BCUT2D eigenvalue weighted by Gasteiger charge is -2.10. The molecule has 4 rings (SSSR count). The number of furan rings is 1. The molecule has 4 aromatic rings. The third-order valence-corrected chi connectivity index (χ3v) is 4.18. The van der Waals surface area contributed by atoms with E-state index < -0.39 is 11.2 Å². The van der Waals surface area contributed by atoms with E-state index in [0.29, 0.717) is 27.4 Å². The van der Waals surface area contributed by atoms with Gasteiger partial charge in [-0.15, -0.1) is 0 Å². The SMILES string of the molecule is O=c1[nH]c(=O)n(Cc2ccco2)c2nccc(-c3ccc(Cl)cc3)c12. The van der Waals surface area contributed by atoms with Gasteiger partial charge in [-0.3, -0.25) is 14.3 Å². The van der Waals surface area contributed by atoms with Crippen LogP contribution in [0, 0.1) is 0 Å². The minimum Gasteiger partial charge on any atom is -0.467 e. The van der Waals surface area contributed by atoms with Crippen LogP contribution in [0.1, 0.15) is 5.76 Å². The molecule has 0 amide bonds. The third kappa shape index (κ3) is 2.77. The number of hydrogen-bond donors (Lipinski definition) is 1. The van der Waals surface area contributed by atoms with E-state index in [4.69, 9.17) is 16.0 Å². The second-order valence-electron chi connectivity index (χ2n) is 5.49. The van der Waals surface area contributed by atoms with Gasteiger partial charge in [-0.05, 0) is 41.5 Å². The fourth-order valence-electron chi connectivity index (χ4n) is 2.78. The molecular formula is C18H12ClN3O3. The molecule has 0 unspecified atom stereocenters. The molecule has 0 saturated carbocycles. The zero-order valence-electron chi connectivity index (χ0n) is 12.9. The molecule has 0 saturated heterocycles. The number of pyridine rings is 1. The Morgan fingerprint density at radius 3 is 2.64 bits per heavy atom. The van der Waals surface area contributed by atoms with E-state index in [9.17, 15) is 9.59 Å². The van der Waals surface area contributed by atoms with Gasteiger partial charge in [-0.2, -0.15) is 0 Å². The van der Waals surface area contributed by atoms with Gasteiger partial charge in [0.1, 0.15) is 5.76 Å². The summed E-state index contributed by atoms with van der Waals surface area (Å²) in [5, 5.41) is 0.946. The van der Waals surface area contributed by atoms with Crippen LogP contribution in [0.3, 0.4) is 0 Å². The number of nitrogens with zero attached hydrogens (tertiary/aromatic N) is 2. The quantitative estimate of drug-likeness (QED) is 0.613. The van der Waals surface area contributed by atoms with E-state index in [-0.39, 0.29) is 6.54 Å². The average Bonchev–Trinajstić information content (AvgIpc) is 3.12. The van der Waals surface area contributed by atoms with Crippen molar-refractivity contribution < 1.29 is 4.42 Å². The summed E-state index contributed by atoms with van der Waals surface area (Å²) in [6, 6.07) is 12.4. The molecule has 0 spiro atoms. The summed E-state index contributed by atoms with van der Waals surface area (Å²) in [4.78, 5) is 31.4. The number of rotatable bonds is 3. The number of aromatic nitrogens is 3. The molecule has 124 valence electrons. The summed E-state index contributed by atoms with van der Waals surface area (Å²) in [5.41, 5.74) is 0.780. The fraction of sp³-hybridized carbons (Fsp3) is 0.0556. The normalized spacial score (nSPS) is 11.1. The van der Waals surface area contributed by atoms with Crippen molar-refractivity contribution in [2.45, 2.75) is 6.54 Å². The predicted octanol–water partition coefficient (Wildman–Crippen LogP) is 3.05. The topological polar surface area (TPSA) is 80.9 Å². The van der Waals surface area contributed by atoms with E-state index in [1.54, 1.807) is 36.5 Å².